The number of aromatic amines is 1. The Kier molecular flexibility index (Phi) is 3.93. The van der Waals surface area contributed by atoms with Crippen LogP contribution in [0.3, 0.4) is 0 Å². The molecule has 2 nitrogen and oxygen atoms in total. The van der Waals surface area contributed by atoms with Gasteiger partial charge in [0, 0.05) is 26.5 Å². The molecule has 0 aliphatic carbocycles. The number of H-pyrrole nitrogens is 1. The van der Waals surface area contributed by atoms with Crippen molar-refractivity contribution < 1.29 is 4.74 Å². The lowest BCUT2D eigenvalue weighted by atomic mass is 10.1. The molecule has 1 heterocycles. The second kappa shape index (κ2) is 6.23. The summed E-state index contributed by atoms with van der Waals surface area (Å²) in [7, 11) is 0. The van der Waals surface area contributed by atoms with Gasteiger partial charge in [-0.25, -0.2) is 0 Å². The minimum Gasteiger partial charge on any atom is -0.454 e. The summed E-state index contributed by atoms with van der Waals surface area (Å²) in [6, 6.07) is 23.1. The third-order valence-electron chi connectivity index (χ3n) is 3.82. The maximum absolute atomic E-state index is 6.18. The monoisotopic (exact) mass is 353 g/mol. The minimum absolute atomic E-state index is 0.680. The third-order valence-corrected chi connectivity index (χ3v) is 4.33. The molecular formula is C20H13Cl2NO. The molecule has 0 fully saturated rings. The summed E-state index contributed by atoms with van der Waals surface area (Å²) in [6.45, 7) is 0. The van der Waals surface area contributed by atoms with Crippen molar-refractivity contribution in [2.75, 3.05) is 0 Å². The molecule has 0 atom stereocenters. The first-order chi connectivity index (χ1) is 11.7. The van der Waals surface area contributed by atoms with Crippen molar-refractivity contribution in [2.45, 2.75) is 0 Å². The summed E-state index contributed by atoms with van der Waals surface area (Å²) in [5.41, 5.74) is 2.95. The van der Waals surface area contributed by atoms with Crippen molar-refractivity contribution in [3.8, 4) is 22.8 Å². The molecule has 0 saturated heterocycles. The number of aromatic nitrogens is 1. The number of benzene rings is 3. The van der Waals surface area contributed by atoms with Crippen LogP contribution in [0.4, 0.5) is 0 Å². The lowest BCUT2D eigenvalue weighted by Crippen LogP contribution is -1.86. The Balaban J connectivity index is 1.86. The second-order valence-corrected chi connectivity index (χ2v) is 6.31. The number of ether oxygens (including phenoxy) is 1. The number of rotatable bonds is 3. The van der Waals surface area contributed by atoms with Gasteiger partial charge in [-0.15, -0.1) is 0 Å². The molecule has 4 heteroatoms. The van der Waals surface area contributed by atoms with Crippen molar-refractivity contribution in [1.82, 2.24) is 4.98 Å². The summed E-state index contributed by atoms with van der Waals surface area (Å²) in [5, 5.41) is 2.41. The van der Waals surface area contributed by atoms with E-state index in [1.54, 1.807) is 0 Å². The zero-order valence-corrected chi connectivity index (χ0v) is 14.1. The van der Waals surface area contributed by atoms with Gasteiger partial charge in [-0.1, -0.05) is 47.5 Å². The van der Waals surface area contributed by atoms with Gasteiger partial charge in [-0.3, -0.25) is 0 Å². The number of nitrogens with one attached hydrogen (secondary N) is 1. The van der Waals surface area contributed by atoms with E-state index in [9.17, 15) is 0 Å². The number of halogens is 2. The molecule has 1 aromatic heterocycles. The molecule has 4 rings (SSSR count). The first-order valence-corrected chi connectivity index (χ1v) is 8.26. The predicted molar refractivity (Wildman–Crippen MR) is 100 cm³/mol. The van der Waals surface area contributed by atoms with Crippen molar-refractivity contribution in [1.29, 1.82) is 0 Å². The van der Waals surface area contributed by atoms with Crippen LogP contribution < -0.4 is 4.74 Å². The van der Waals surface area contributed by atoms with Crippen LogP contribution >= 0.6 is 23.2 Å². The van der Waals surface area contributed by atoms with Gasteiger partial charge in [-0.2, -0.15) is 0 Å². The molecule has 0 saturated carbocycles. The van der Waals surface area contributed by atoms with Gasteiger partial charge < -0.3 is 9.72 Å². The Morgan fingerprint density at radius 2 is 1.33 bits per heavy atom. The molecule has 1 N–H and O–H groups in total. The highest BCUT2D eigenvalue weighted by atomic mass is 35.5. The zero-order chi connectivity index (χ0) is 16.5. The minimum atomic E-state index is 0.680. The van der Waals surface area contributed by atoms with Gasteiger partial charge in [-0.05, 0) is 48.5 Å². The predicted octanol–water partition coefficient (Wildman–Crippen LogP) is 6.93. The fourth-order valence-electron chi connectivity index (χ4n) is 2.66. The Hall–Kier alpha value is -2.42. The molecule has 0 amide bonds. The first-order valence-electron chi connectivity index (χ1n) is 7.51. The van der Waals surface area contributed by atoms with Crippen LogP contribution in [-0.2, 0) is 0 Å². The molecule has 4 aromatic rings. The van der Waals surface area contributed by atoms with Crippen LogP contribution in [0, 0.1) is 0 Å². The SMILES string of the molecule is Clc1ccc(Oc2c(-c3ccc(Cl)cc3)[nH]c3ccccc23)cc1. The second-order valence-electron chi connectivity index (χ2n) is 5.44. The average Bonchev–Trinajstić information content (AvgIpc) is 2.96. The zero-order valence-electron chi connectivity index (χ0n) is 12.6. The summed E-state index contributed by atoms with van der Waals surface area (Å²) < 4.78 is 6.18. The first kappa shape index (κ1) is 15.1. The summed E-state index contributed by atoms with van der Waals surface area (Å²) in [4.78, 5) is 3.44. The number of hydrogen-bond donors (Lipinski definition) is 1. The molecule has 0 bridgehead atoms. The van der Waals surface area contributed by atoms with Gasteiger partial charge in [0.2, 0.25) is 0 Å². The van der Waals surface area contributed by atoms with E-state index in [1.165, 1.54) is 0 Å². The van der Waals surface area contributed by atoms with E-state index < -0.39 is 0 Å². The van der Waals surface area contributed by atoms with Crippen LogP contribution in [0.25, 0.3) is 22.2 Å². The number of hydrogen-bond acceptors (Lipinski definition) is 1. The molecule has 0 aliphatic rings. The van der Waals surface area contributed by atoms with E-state index in [1.807, 2.05) is 72.8 Å². The number of para-hydroxylation sites is 1. The topological polar surface area (TPSA) is 25.0 Å². The van der Waals surface area contributed by atoms with E-state index in [0.29, 0.717) is 10.0 Å². The lowest BCUT2D eigenvalue weighted by Gasteiger charge is -2.08. The van der Waals surface area contributed by atoms with E-state index >= 15 is 0 Å². The molecule has 0 spiro atoms. The van der Waals surface area contributed by atoms with Gasteiger partial charge in [0.05, 0.1) is 5.69 Å². The van der Waals surface area contributed by atoms with Gasteiger partial charge in [0.1, 0.15) is 5.75 Å². The maximum Gasteiger partial charge on any atom is 0.160 e. The van der Waals surface area contributed by atoms with Crippen LogP contribution in [-0.4, -0.2) is 4.98 Å². The smallest absolute Gasteiger partial charge is 0.160 e. The third kappa shape index (κ3) is 2.86. The molecule has 24 heavy (non-hydrogen) atoms. The van der Waals surface area contributed by atoms with Crippen LogP contribution in [0.2, 0.25) is 10.0 Å². The largest absolute Gasteiger partial charge is 0.454 e. The Morgan fingerprint density at radius 3 is 2.04 bits per heavy atom. The van der Waals surface area contributed by atoms with E-state index in [4.69, 9.17) is 27.9 Å². The Bertz CT molecular complexity index is 989. The quantitative estimate of drug-likeness (QED) is 0.424. The highest BCUT2D eigenvalue weighted by molar-refractivity contribution is 6.30. The summed E-state index contributed by atoms with van der Waals surface area (Å²) >= 11 is 12.0. The van der Waals surface area contributed by atoms with E-state index in [0.717, 1.165) is 33.7 Å². The van der Waals surface area contributed by atoms with Crippen LogP contribution in [0.1, 0.15) is 0 Å². The summed E-state index contributed by atoms with van der Waals surface area (Å²) in [6.07, 6.45) is 0. The number of fused-ring (bicyclic) bond motifs is 1. The van der Waals surface area contributed by atoms with Crippen LogP contribution in [0.15, 0.2) is 72.8 Å². The van der Waals surface area contributed by atoms with Crippen molar-refractivity contribution in [3.05, 3.63) is 82.8 Å². The van der Waals surface area contributed by atoms with Crippen molar-refractivity contribution in [2.24, 2.45) is 0 Å². The summed E-state index contributed by atoms with van der Waals surface area (Å²) in [5.74, 6) is 1.52. The van der Waals surface area contributed by atoms with Gasteiger partial charge in [0.25, 0.3) is 0 Å². The fraction of sp³-hybridized carbons (Fsp3) is 0. The van der Waals surface area contributed by atoms with E-state index in [-0.39, 0.29) is 0 Å². The molecule has 0 aliphatic heterocycles. The van der Waals surface area contributed by atoms with Crippen LogP contribution in [0.5, 0.6) is 11.5 Å². The van der Waals surface area contributed by atoms with Crippen molar-refractivity contribution in [3.63, 3.8) is 0 Å². The normalized spacial score (nSPS) is 10.9. The Labute approximate surface area is 149 Å². The highest BCUT2D eigenvalue weighted by Crippen LogP contribution is 2.40. The standard InChI is InChI=1S/C20H13Cl2NO/c21-14-7-5-13(6-8-14)19-20(17-3-1-2-4-18(17)23-19)24-16-11-9-15(22)10-12-16/h1-12,23H. The van der Waals surface area contributed by atoms with E-state index in [2.05, 4.69) is 4.98 Å². The molecule has 0 radical (unpaired) electrons. The molecule has 0 unspecified atom stereocenters. The average molecular weight is 354 g/mol. The molecule has 3 aromatic carbocycles. The molecule has 118 valence electrons. The van der Waals surface area contributed by atoms with Crippen molar-refractivity contribution >= 4 is 34.1 Å². The lowest BCUT2D eigenvalue weighted by molar-refractivity contribution is 0.490. The fourth-order valence-corrected chi connectivity index (χ4v) is 2.91. The van der Waals surface area contributed by atoms with Gasteiger partial charge in [0.15, 0.2) is 5.75 Å². The molecular weight excluding hydrogens is 341 g/mol. The highest BCUT2D eigenvalue weighted by Gasteiger charge is 2.15. The van der Waals surface area contributed by atoms with Gasteiger partial charge >= 0.3 is 0 Å². The maximum atomic E-state index is 6.18. The Morgan fingerprint density at radius 1 is 0.708 bits per heavy atom.